The fraction of sp³-hybridized carbons (Fsp3) is 0.828. The van der Waals surface area contributed by atoms with Crippen LogP contribution in [0.5, 0.6) is 0 Å². The molecule has 9 nitrogen and oxygen atoms in total. The molecule has 216 valence electrons. The first-order valence-electron chi connectivity index (χ1n) is 14.9. The van der Waals surface area contributed by atoms with Crippen molar-refractivity contribution in [2.75, 3.05) is 6.54 Å². The van der Waals surface area contributed by atoms with Crippen LogP contribution in [-0.4, -0.2) is 44.7 Å². The maximum absolute atomic E-state index is 12.5. The van der Waals surface area contributed by atoms with Gasteiger partial charge in [-0.2, -0.15) is 9.98 Å². The van der Waals surface area contributed by atoms with Crippen LogP contribution >= 0.6 is 0 Å². The normalized spacial score (nSPS) is 16.3. The molecule has 0 aliphatic carbocycles. The third kappa shape index (κ3) is 11.9. The Hall–Kier alpha value is -2.45. The molecule has 1 atom stereocenters. The van der Waals surface area contributed by atoms with Crippen LogP contribution in [-0.2, 0) is 11.2 Å². The highest BCUT2D eigenvalue weighted by Gasteiger charge is 2.35. The maximum Gasteiger partial charge on any atom is 0.411 e. The van der Waals surface area contributed by atoms with Crippen molar-refractivity contribution >= 4 is 18.0 Å². The fourth-order valence-electron chi connectivity index (χ4n) is 4.78. The number of amides is 2. The molecule has 1 aromatic heterocycles. The van der Waals surface area contributed by atoms with E-state index in [1.54, 1.807) is 25.7 Å². The Labute approximate surface area is 229 Å². The van der Waals surface area contributed by atoms with E-state index in [4.69, 9.17) is 4.52 Å². The molecular formula is C29H51N5O4. The highest BCUT2D eigenvalue weighted by Crippen LogP contribution is 2.31. The number of carbonyl (C=O) groups excluding carboxylic acids is 1. The molecule has 0 bridgehead atoms. The number of rotatable bonds is 16. The Bertz CT molecular complexity index is 861. The lowest BCUT2D eigenvalue weighted by molar-refractivity contribution is -0.124. The highest BCUT2D eigenvalue weighted by atomic mass is 16.5. The number of hydrogen-bond acceptors (Lipinski definition) is 5. The Morgan fingerprint density at radius 1 is 0.974 bits per heavy atom. The van der Waals surface area contributed by atoms with Gasteiger partial charge in [0.05, 0.1) is 0 Å². The van der Waals surface area contributed by atoms with Gasteiger partial charge >= 0.3 is 6.09 Å². The third-order valence-electron chi connectivity index (χ3n) is 7.12. The van der Waals surface area contributed by atoms with E-state index >= 15 is 0 Å². The summed E-state index contributed by atoms with van der Waals surface area (Å²) in [4.78, 5) is 34.3. The van der Waals surface area contributed by atoms with Gasteiger partial charge in [0.2, 0.25) is 11.9 Å². The van der Waals surface area contributed by atoms with Gasteiger partial charge < -0.3 is 14.5 Å². The zero-order valence-electron chi connectivity index (χ0n) is 24.3. The first-order chi connectivity index (χ1) is 18.2. The minimum Gasteiger partial charge on any atom is -0.465 e. The molecular weight excluding hydrogens is 482 g/mol. The van der Waals surface area contributed by atoms with Gasteiger partial charge in [-0.25, -0.2) is 4.79 Å². The summed E-state index contributed by atoms with van der Waals surface area (Å²) in [7, 11) is 0. The van der Waals surface area contributed by atoms with Crippen LogP contribution in [0, 0.1) is 5.41 Å². The van der Waals surface area contributed by atoms with Crippen LogP contribution in [0.4, 0.5) is 4.79 Å². The van der Waals surface area contributed by atoms with Crippen LogP contribution < -0.4 is 5.32 Å². The number of carboxylic acid groups (broad SMARTS) is 1. The van der Waals surface area contributed by atoms with Crippen LogP contribution in [0.1, 0.15) is 148 Å². The van der Waals surface area contributed by atoms with E-state index in [-0.39, 0.29) is 12.0 Å². The van der Waals surface area contributed by atoms with Gasteiger partial charge in [0, 0.05) is 18.4 Å². The van der Waals surface area contributed by atoms with Crippen LogP contribution in [0.25, 0.3) is 0 Å². The Balaban J connectivity index is 1.70. The van der Waals surface area contributed by atoms with E-state index in [2.05, 4.69) is 27.4 Å². The number of hydrogen-bond donors (Lipinski definition) is 2. The number of nitrogens with one attached hydrogen (secondary N) is 1. The smallest absolute Gasteiger partial charge is 0.411 e. The van der Waals surface area contributed by atoms with E-state index in [1.807, 2.05) is 0 Å². The van der Waals surface area contributed by atoms with Crippen molar-refractivity contribution in [3.63, 3.8) is 0 Å². The zero-order chi connectivity index (χ0) is 27.8. The van der Waals surface area contributed by atoms with E-state index in [0.717, 1.165) is 32.1 Å². The van der Waals surface area contributed by atoms with E-state index in [9.17, 15) is 14.7 Å². The second-order valence-electron chi connectivity index (χ2n) is 11.7. The molecule has 0 aromatic carbocycles. The summed E-state index contributed by atoms with van der Waals surface area (Å²) in [5.74, 6) is 0.759. The number of aromatic nitrogens is 2. The average molecular weight is 534 g/mol. The number of aliphatic imine (C=N–C) groups is 1. The van der Waals surface area contributed by atoms with E-state index in [1.165, 1.54) is 77.0 Å². The summed E-state index contributed by atoms with van der Waals surface area (Å²) in [6, 6.07) is -0.300. The minimum atomic E-state index is -1.26. The molecule has 2 rings (SSSR count). The van der Waals surface area contributed by atoms with Crippen LogP contribution in [0.15, 0.2) is 9.52 Å². The summed E-state index contributed by atoms with van der Waals surface area (Å²) in [6.07, 6.45) is 19.5. The van der Waals surface area contributed by atoms with Crippen molar-refractivity contribution in [2.45, 2.75) is 143 Å². The quantitative estimate of drug-likeness (QED) is 0.129. The molecule has 0 spiro atoms. The van der Waals surface area contributed by atoms with Gasteiger partial charge in [-0.3, -0.25) is 10.1 Å². The Kier molecular flexibility index (Phi) is 14.4. The van der Waals surface area contributed by atoms with Gasteiger partial charge in [-0.1, -0.05) is 116 Å². The lowest BCUT2D eigenvalue weighted by atomic mass is 9.96. The molecule has 1 aliphatic heterocycles. The van der Waals surface area contributed by atoms with Crippen molar-refractivity contribution in [3.05, 3.63) is 11.7 Å². The molecule has 1 unspecified atom stereocenters. The molecule has 2 amide bonds. The Morgan fingerprint density at radius 2 is 1.53 bits per heavy atom. The fourth-order valence-corrected chi connectivity index (χ4v) is 4.78. The van der Waals surface area contributed by atoms with Crippen molar-refractivity contribution < 1.29 is 19.2 Å². The van der Waals surface area contributed by atoms with Crippen molar-refractivity contribution in [3.8, 4) is 0 Å². The van der Waals surface area contributed by atoms with Crippen molar-refractivity contribution in [2.24, 2.45) is 10.4 Å². The standard InChI is InChI=1S/C29H51N5O4/c1-5-6-7-8-9-10-11-12-13-14-15-16-17-18-21-24-30-25(38-33-24)23-20-19-22-34(23)27(32-28(36)37)31-26(35)29(2,3)4/h23H,5-22H2,1-4H3,(H,36,37)(H,31,32,35). The second-order valence-corrected chi connectivity index (χ2v) is 11.7. The van der Waals surface area contributed by atoms with Crippen LogP contribution in [0.2, 0.25) is 0 Å². The molecule has 1 aliphatic rings. The van der Waals surface area contributed by atoms with Gasteiger partial charge in [0.25, 0.3) is 5.91 Å². The molecule has 1 aromatic rings. The van der Waals surface area contributed by atoms with Crippen molar-refractivity contribution in [1.82, 2.24) is 20.4 Å². The lowest BCUT2D eigenvalue weighted by Crippen LogP contribution is -2.44. The summed E-state index contributed by atoms with van der Waals surface area (Å²) in [6.45, 7) is 8.07. The van der Waals surface area contributed by atoms with Gasteiger partial charge in [0.1, 0.15) is 6.04 Å². The highest BCUT2D eigenvalue weighted by molar-refractivity contribution is 6.01. The predicted octanol–water partition coefficient (Wildman–Crippen LogP) is 7.43. The molecule has 0 radical (unpaired) electrons. The molecule has 2 heterocycles. The summed E-state index contributed by atoms with van der Waals surface area (Å²) in [5.41, 5.74) is -0.716. The first-order valence-corrected chi connectivity index (χ1v) is 14.9. The van der Waals surface area contributed by atoms with E-state index < -0.39 is 17.4 Å². The maximum atomic E-state index is 12.5. The first kappa shape index (κ1) is 31.8. The third-order valence-corrected chi connectivity index (χ3v) is 7.12. The number of carbonyl (C=O) groups is 2. The van der Waals surface area contributed by atoms with E-state index in [0.29, 0.717) is 18.3 Å². The largest absolute Gasteiger partial charge is 0.465 e. The number of aryl methyl sites for hydroxylation is 1. The van der Waals surface area contributed by atoms with Crippen molar-refractivity contribution in [1.29, 1.82) is 0 Å². The molecule has 0 saturated carbocycles. The summed E-state index contributed by atoms with van der Waals surface area (Å²) in [5, 5.41) is 15.7. The molecule has 1 fully saturated rings. The molecule has 38 heavy (non-hydrogen) atoms. The van der Waals surface area contributed by atoms with Gasteiger partial charge in [0.15, 0.2) is 5.82 Å². The minimum absolute atomic E-state index is 0.0200. The SMILES string of the molecule is CCCCCCCCCCCCCCCCc1noc(C2CCCN2/C(=N/C(=O)C(C)(C)C)NC(=O)O)n1. The monoisotopic (exact) mass is 533 g/mol. The molecule has 9 heteroatoms. The average Bonchev–Trinajstić information content (AvgIpc) is 3.52. The predicted molar refractivity (Wildman–Crippen MR) is 150 cm³/mol. The van der Waals surface area contributed by atoms with Gasteiger partial charge in [-0.15, -0.1) is 0 Å². The number of unbranched alkanes of at least 4 members (excludes halogenated alkanes) is 13. The molecule has 1 saturated heterocycles. The van der Waals surface area contributed by atoms with Crippen LogP contribution in [0.3, 0.4) is 0 Å². The summed E-state index contributed by atoms with van der Waals surface area (Å²) >= 11 is 0. The number of guanidine groups is 1. The zero-order valence-corrected chi connectivity index (χ0v) is 24.3. The number of nitrogens with zero attached hydrogens (tertiary/aromatic N) is 4. The number of likely N-dealkylation sites (tertiary alicyclic amines) is 1. The lowest BCUT2D eigenvalue weighted by Gasteiger charge is -2.25. The topological polar surface area (TPSA) is 121 Å². The second kappa shape index (κ2) is 17.2. The molecule has 2 N–H and O–H groups in total. The van der Waals surface area contributed by atoms with Gasteiger partial charge in [-0.05, 0) is 19.3 Å². The Morgan fingerprint density at radius 3 is 2.05 bits per heavy atom. The summed E-state index contributed by atoms with van der Waals surface area (Å²) < 4.78 is 5.56.